The molecule has 0 saturated heterocycles. The minimum Gasteiger partial charge on any atom is -0.303 e. The number of carbonyl (C=O) groups excluding carboxylic acids is 1. The Morgan fingerprint density at radius 1 is 0.950 bits per heavy atom. The maximum absolute atomic E-state index is 11.9. The van der Waals surface area contributed by atoms with E-state index in [2.05, 4.69) is 13.8 Å². The molecule has 2 rings (SSSR count). The van der Waals surface area contributed by atoms with Gasteiger partial charge in [0, 0.05) is 5.41 Å². The fourth-order valence-corrected chi connectivity index (χ4v) is 4.82. The summed E-state index contributed by atoms with van der Waals surface area (Å²) in [5, 5.41) is 0. The van der Waals surface area contributed by atoms with Gasteiger partial charge in [0.25, 0.3) is 0 Å². The standard InChI is InChI=1S/C19H34O/c1-3-4-8-16-11-13-18(14-12-16)19(2,15-20)17-9-6-5-7-10-17/h15-18H,3-14H2,1-2H3. The van der Waals surface area contributed by atoms with Gasteiger partial charge in [-0.15, -0.1) is 0 Å². The number of rotatable bonds is 6. The molecule has 0 heterocycles. The van der Waals surface area contributed by atoms with Crippen LogP contribution in [0.25, 0.3) is 0 Å². The normalized spacial score (nSPS) is 31.7. The first-order chi connectivity index (χ1) is 9.70. The lowest BCUT2D eigenvalue weighted by atomic mass is 9.59. The Balaban J connectivity index is 1.90. The van der Waals surface area contributed by atoms with E-state index < -0.39 is 0 Å². The Hall–Kier alpha value is -0.330. The zero-order valence-electron chi connectivity index (χ0n) is 13.7. The lowest BCUT2D eigenvalue weighted by molar-refractivity contribution is -0.124. The summed E-state index contributed by atoms with van der Waals surface area (Å²) < 4.78 is 0. The third kappa shape index (κ3) is 3.65. The van der Waals surface area contributed by atoms with Crippen molar-refractivity contribution in [2.45, 2.75) is 90.9 Å². The van der Waals surface area contributed by atoms with Gasteiger partial charge in [-0.1, -0.05) is 65.2 Å². The van der Waals surface area contributed by atoms with Crippen LogP contribution < -0.4 is 0 Å². The summed E-state index contributed by atoms with van der Waals surface area (Å²) in [5.74, 6) is 2.29. The lowest BCUT2D eigenvalue weighted by Gasteiger charge is -2.44. The van der Waals surface area contributed by atoms with Crippen LogP contribution in [0.2, 0.25) is 0 Å². The molecule has 0 aromatic carbocycles. The number of hydrogen-bond acceptors (Lipinski definition) is 1. The molecule has 0 bridgehead atoms. The third-order valence-corrected chi connectivity index (χ3v) is 6.43. The van der Waals surface area contributed by atoms with E-state index in [0.29, 0.717) is 11.8 Å². The summed E-state index contributed by atoms with van der Waals surface area (Å²) in [7, 11) is 0. The van der Waals surface area contributed by atoms with Crippen molar-refractivity contribution in [1.29, 1.82) is 0 Å². The predicted molar refractivity (Wildman–Crippen MR) is 85.7 cm³/mol. The van der Waals surface area contributed by atoms with Gasteiger partial charge in [-0.05, 0) is 43.4 Å². The zero-order chi connectivity index (χ0) is 14.4. The average Bonchev–Trinajstić information content (AvgIpc) is 2.53. The van der Waals surface area contributed by atoms with Gasteiger partial charge in [0.15, 0.2) is 0 Å². The van der Waals surface area contributed by atoms with Gasteiger partial charge in [-0.25, -0.2) is 0 Å². The Morgan fingerprint density at radius 2 is 1.55 bits per heavy atom. The van der Waals surface area contributed by atoms with Crippen LogP contribution in [0, 0.1) is 23.2 Å². The third-order valence-electron chi connectivity index (χ3n) is 6.43. The molecule has 0 aromatic rings. The fraction of sp³-hybridized carbons (Fsp3) is 0.947. The average molecular weight is 278 g/mol. The molecular weight excluding hydrogens is 244 g/mol. The van der Waals surface area contributed by atoms with E-state index in [4.69, 9.17) is 0 Å². The Labute approximate surface area is 125 Å². The molecule has 2 fully saturated rings. The Bertz CT molecular complexity index is 284. The first kappa shape index (κ1) is 16.0. The highest BCUT2D eigenvalue weighted by molar-refractivity contribution is 5.60. The van der Waals surface area contributed by atoms with Crippen LogP contribution in [-0.4, -0.2) is 6.29 Å². The minimum atomic E-state index is -0.0177. The van der Waals surface area contributed by atoms with Crippen LogP contribution in [-0.2, 0) is 4.79 Å². The van der Waals surface area contributed by atoms with Crippen molar-refractivity contribution >= 4 is 6.29 Å². The smallest absolute Gasteiger partial charge is 0.126 e. The first-order valence-corrected chi connectivity index (χ1v) is 9.17. The zero-order valence-corrected chi connectivity index (χ0v) is 13.7. The summed E-state index contributed by atoms with van der Waals surface area (Å²) in [4.78, 5) is 11.9. The van der Waals surface area contributed by atoms with Gasteiger partial charge in [0.05, 0.1) is 0 Å². The van der Waals surface area contributed by atoms with Gasteiger partial charge >= 0.3 is 0 Å². The number of aldehydes is 1. The Morgan fingerprint density at radius 3 is 2.10 bits per heavy atom. The van der Waals surface area contributed by atoms with Crippen LogP contribution in [0.5, 0.6) is 0 Å². The second-order valence-electron chi connectivity index (χ2n) is 7.68. The van der Waals surface area contributed by atoms with Crippen molar-refractivity contribution in [2.24, 2.45) is 23.2 Å². The molecule has 20 heavy (non-hydrogen) atoms. The van der Waals surface area contributed by atoms with Gasteiger partial charge in [-0.3, -0.25) is 0 Å². The molecule has 2 saturated carbocycles. The summed E-state index contributed by atoms with van der Waals surface area (Å²) in [6.45, 7) is 4.57. The second kappa shape index (κ2) is 7.61. The number of unbranched alkanes of at least 4 members (excludes halogenated alkanes) is 1. The molecular formula is C19H34O. The molecule has 1 heteroatoms. The van der Waals surface area contributed by atoms with Crippen LogP contribution in [0.15, 0.2) is 0 Å². The van der Waals surface area contributed by atoms with Crippen LogP contribution in [0.4, 0.5) is 0 Å². The number of carbonyl (C=O) groups is 1. The summed E-state index contributed by atoms with van der Waals surface area (Å²) in [6.07, 6.45) is 17.5. The number of hydrogen-bond donors (Lipinski definition) is 0. The lowest BCUT2D eigenvalue weighted by Crippen LogP contribution is -2.40. The largest absolute Gasteiger partial charge is 0.303 e. The molecule has 2 aliphatic carbocycles. The molecule has 0 N–H and O–H groups in total. The Kier molecular flexibility index (Phi) is 6.11. The molecule has 2 aliphatic rings. The topological polar surface area (TPSA) is 17.1 Å². The molecule has 1 nitrogen and oxygen atoms in total. The van der Waals surface area contributed by atoms with Crippen molar-refractivity contribution in [3.63, 3.8) is 0 Å². The van der Waals surface area contributed by atoms with E-state index in [1.165, 1.54) is 83.3 Å². The monoisotopic (exact) mass is 278 g/mol. The van der Waals surface area contributed by atoms with Gasteiger partial charge < -0.3 is 4.79 Å². The molecule has 0 amide bonds. The second-order valence-corrected chi connectivity index (χ2v) is 7.68. The van der Waals surface area contributed by atoms with Crippen molar-refractivity contribution in [3.8, 4) is 0 Å². The maximum atomic E-state index is 11.9. The van der Waals surface area contributed by atoms with Crippen molar-refractivity contribution in [2.75, 3.05) is 0 Å². The van der Waals surface area contributed by atoms with Crippen LogP contribution >= 0.6 is 0 Å². The van der Waals surface area contributed by atoms with Gasteiger partial charge in [-0.2, -0.15) is 0 Å². The highest BCUT2D eigenvalue weighted by Gasteiger charge is 2.42. The molecule has 0 aromatic heterocycles. The van der Waals surface area contributed by atoms with E-state index in [9.17, 15) is 4.79 Å². The highest BCUT2D eigenvalue weighted by atomic mass is 16.1. The van der Waals surface area contributed by atoms with Gasteiger partial charge in [0.2, 0.25) is 0 Å². The quantitative estimate of drug-likeness (QED) is 0.564. The van der Waals surface area contributed by atoms with E-state index in [1.54, 1.807) is 0 Å². The summed E-state index contributed by atoms with van der Waals surface area (Å²) >= 11 is 0. The predicted octanol–water partition coefficient (Wildman–Crippen LogP) is 5.77. The molecule has 1 atom stereocenters. The van der Waals surface area contributed by atoms with E-state index >= 15 is 0 Å². The molecule has 116 valence electrons. The summed E-state index contributed by atoms with van der Waals surface area (Å²) in [5.41, 5.74) is -0.0177. The SMILES string of the molecule is CCCCC1CCC(C(C)(C=O)C2CCCCC2)CC1. The maximum Gasteiger partial charge on any atom is 0.126 e. The van der Waals surface area contributed by atoms with Crippen LogP contribution in [0.1, 0.15) is 90.9 Å². The molecule has 0 aliphatic heterocycles. The summed E-state index contributed by atoms with van der Waals surface area (Å²) in [6, 6.07) is 0. The molecule has 1 unspecified atom stereocenters. The van der Waals surface area contributed by atoms with Gasteiger partial charge in [0.1, 0.15) is 6.29 Å². The fourth-order valence-electron chi connectivity index (χ4n) is 4.82. The highest BCUT2D eigenvalue weighted by Crippen LogP contribution is 2.48. The van der Waals surface area contributed by atoms with Crippen molar-refractivity contribution in [3.05, 3.63) is 0 Å². The van der Waals surface area contributed by atoms with E-state index in [-0.39, 0.29) is 5.41 Å². The van der Waals surface area contributed by atoms with E-state index in [0.717, 1.165) is 5.92 Å². The van der Waals surface area contributed by atoms with Crippen molar-refractivity contribution in [1.82, 2.24) is 0 Å². The van der Waals surface area contributed by atoms with Crippen LogP contribution in [0.3, 0.4) is 0 Å². The van der Waals surface area contributed by atoms with Crippen molar-refractivity contribution < 1.29 is 4.79 Å². The molecule has 0 spiro atoms. The van der Waals surface area contributed by atoms with E-state index in [1.807, 2.05) is 0 Å². The molecule has 0 radical (unpaired) electrons. The minimum absolute atomic E-state index is 0.0177. The first-order valence-electron chi connectivity index (χ1n) is 9.17.